The van der Waals surface area contributed by atoms with Crippen LogP contribution in [0.2, 0.25) is 0 Å². The molecule has 0 spiro atoms. The monoisotopic (exact) mass is 278 g/mol. The fourth-order valence-electron chi connectivity index (χ4n) is 1.55. The van der Waals surface area contributed by atoms with Gasteiger partial charge in [-0.1, -0.05) is 0 Å². The lowest BCUT2D eigenvalue weighted by atomic mass is 9.82. The van der Waals surface area contributed by atoms with Crippen LogP contribution < -0.4 is 0 Å². The lowest BCUT2D eigenvalue weighted by molar-refractivity contribution is 0.0336. The molecule has 0 bridgehead atoms. The summed E-state index contributed by atoms with van der Waals surface area (Å²) in [6.45, 7) is 0.958. The Bertz CT molecular complexity index is 268. The number of nitrogens with zero attached hydrogens (tertiary/aromatic N) is 2. The van der Waals surface area contributed by atoms with Crippen LogP contribution in [0.5, 0.6) is 0 Å². The second-order valence-corrected chi connectivity index (χ2v) is 4.62. The van der Waals surface area contributed by atoms with Crippen molar-refractivity contribution in [3.05, 3.63) is 16.0 Å². The van der Waals surface area contributed by atoms with Crippen LogP contribution >= 0.6 is 22.6 Å². The smallest absolute Gasteiger partial charge is 0.0623 e. The Labute approximate surface area is 84.9 Å². The summed E-state index contributed by atoms with van der Waals surface area (Å²) in [7, 11) is 0. The molecule has 1 fully saturated rings. The molecule has 4 heteroatoms. The number of rotatable bonds is 2. The van der Waals surface area contributed by atoms with Crippen molar-refractivity contribution in [1.29, 1.82) is 0 Å². The van der Waals surface area contributed by atoms with Crippen molar-refractivity contribution in [3.8, 4) is 0 Å². The Balaban J connectivity index is 1.88. The maximum absolute atomic E-state index is 9.07. The lowest BCUT2D eigenvalue weighted by Crippen LogP contribution is -2.31. The van der Waals surface area contributed by atoms with Crippen LogP contribution in [-0.2, 0) is 6.54 Å². The minimum Gasteiger partial charge on any atom is -0.393 e. The Morgan fingerprint density at radius 3 is 2.92 bits per heavy atom. The Morgan fingerprint density at radius 1 is 1.67 bits per heavy atom. The van der Waals surface area contributed by atoms with Gasteiger partial charge in [0, 0.05) is 12.7 Å². The normalized spacial score (nSPS) is 28.5. The average molecular weight is 278 g/mol. The van der Waals surface area contributed by atoms with E-state index in [2.05, 4.69) is 27.7 Å². The Morgan fingerprint density at radius 2 is 2.42 bits per heavy atom. The molecule has 12 heavy (non-hydrogen) atoms. The van der Waals surface area contributed by atoms with Crippen molar-refractivity contribution in [1.82, 2.24) is 9.78 Å². The number of aliphatic hydroxyl groups is 1. The summed E-state index contributed by atoms with van der Waals surface area (Å²) in [5, 5.41) is 13.3. The van der Waals surface area contributed by atoms with E-state index < -0.39 is 0 Å². The second kappa shape index (κ2) is 3.33. The molecule has 0 aliphatic heterocycles. The summed E-state index contributed by atoms with van der Waals surface area (Å²) in [6, 6.07) is 0. The molecular formula is C8H11IN2O. The summed E-state index contributed by atoms with van der Waals surface area (Å²) in [4.78, 5) is 0. The van der Waals surface area contributed by atoms with Gasteiger partial charge in [-0.2, -0.15) is 5.10 Å². The fraction of sp³-hybridized carbons (Fsp3) is 0.625. The zero-order chi connectivity index (χ0) is 8.55. The van der Waals surface area contributed by atoms with E-state index in [1.165, 1.54) is 3.57 Å². The Kier molecular flexibility index (Phi) is 2.36. The van der Waals surface area contributed by atoms with Gasteiger partial charge in [-0.15, -0.1) is 0 Å². The van der Waals surface area contributed by atoms with E-state index >= 15 is 0 Å². The van der Waals surface area contributed by atoms with Crippen molar-refractivity contribution in [3.63, 3.8) is 0 Å². The molecule has 1 aliphatic rings. The fourth-order valence-corrected chi connectivity index (χ4v) is 2.00. The number of halogens is 1. The molecule has 1 aromatic rings. The molecule has 1 aliphatic carbocycles. The van der Waals surface area contributed by atoms with Gasteiger partial charge >= 0.3 is 0 Å². The first-order valence-electron chi connectivity index (χ1n) is 4.10. The van der Waals surface area contributed by atoms with E-state index in [0.717, 1.165) is 19.4 Å². The van der Waals surface area contributed by atoms with Crippen LogP contribution in [-0.4, -0.2) is 21.0 Å². The molecule has 1 N–H and O–H groups in total. The third-order valence-corrected chi connectivity index (χ3v) is 2.81. The van der Waals surface area contributed by atoms with Crippen molar-refractivity contribution in [2.24, 2.45) is 5.92 Å². The maximum Gasteiger partial charge on any atom is 0.0623 e. The molecule has 3 nitrogen and oxygen atoms in total. The first-order valence-corrected chi connectivity index (χ1v) is 5.18. The van der Waals surface area contributed by atoms with Crippen LogP contribution in [0, 0.1) is 9.49 Å². The largest absolute Gasteiger partial charge is 0.393 e. The van der Waals surface area contributed by atoms with Crippen molar-refractivity contribution >= 4 is 22.6 Å². The number of aliphatic hydroxyl groups excluding tert-OH is 1. The van der Waals surface area contributed by atoms with Gasteiger partial charge in [0.25, 0.3) is 0 Å². The van der Waals surface area contributed by atoms with E-state index in [1.807, 2.05) is 17.1 Å². The predicted molar refractivity (Wildman–Crippen MR) is 53.7 cm³/mol. The maximum atomic E-state index is 9.07. The average Bonchev–Trinajstić information content (AvgIpc) is 2.33. The van der Waals surface area contributed by atoms with Gasteiger partial charge in [-0.3, -0.25) is 4.68 Å². The van der Waals surface area contributed by atoms with Gasteiger partial charge in [0.1, 0.15) is 0 Å². The molecule has 0 unspecified atom stereocenters. The first kappa shape index (κ1) is 8.50. The van der Waals surface area contributed by atoms with Gasteiger partial charge in [0.05, 0.1) is 15.9 Å². The summed E-state index contributed by atoms with van der Waals surface area (Å²) in [5.74, 6) is 0.635. The second-order valence-electron chi connectivity index (χ2n) is 3.37. The van der Waals surface area contributed by atoms with E-state index in [9.17, 15) is 0 Å². The minimum atomic E-state index is -0.0513. The van der Waals surface area contributed by atoms with Crippen LogP contribution in [0.1, 0.15) is 12.8 Å². The highest BCUT2D eigenvalue weighted by atomic mass is 127. The van der Waals surface area contributed by atoms with Gasteiger partial charge < -0.3 is 5.11 Å². The molecule has 2 rings (SSSR count). The third kappa shape index (κ3) is 1.80. The summed E-state index contributed by atoms with van der Waals surface area (Å²) in [6.07, 6.45) is 5.72. The van der Waals surface area contributed by atoms with Crippen molar-refractivity contribution in [2.75, 3.05) is 0 Å². The minimum absolute atomic E-state index is 0.0513. The number of aromatic nitrogens is 2. The quantitative estimate of drug-likeness (QED) is 0.827. The highest BCUT2D eigenvalue weighted by Gasteiger charge is 2.27. The lowest BCUT2D eigenvalue weighted by Gasteiger charge is -2.30. The highest BCUT2D eigenvalue weighted by Crippen LogP contribution is 2.28. The molecule has 0 amide bonds. The van der Waals surface area contributed by atoms with Crippen molar-refractivity contribution < 1.29 is 5.11 Å². The van der Waals surface area contributed by atoms with Crippen LogP contribution in [0.4, 0.5) is 0 Å². The van der Waals surface area contributed by atoms with Gasteiger partial charge in [0.15, 0.2) is 0 Å². The van der Waals surface area contributed by atoms with E-state index in [-0.39, 0.29) is 6.10 Å². The highest BCUT2D eigenvalue weighted by molar-refractivity contribution is 14.1. The zero-order valence-electron chi connectivity index (χ0n) is 6.65. The topological polar surface area (TPSA) is 38.0 Å². The molecule has 0 radical (unpaired) electrons. The van der Waals surface area contributed by atoms with Gasteiger partial charge in [-0.05, 0) is 41.4 Å². The van der Waals surface area contributed by atoms with E-state index in [4.69, 9.17) is 5.11 Å². The van der Waals surface area contributed by atoms with Gasteiger partial charge in [-0.25, -0.2) is 0 Å². The van der Waals surface area contributed by atoms with Crippen LogP contribution in [0.15, 0.2) is 12.4 Å². The SMILES string of the molecule is O[C@H]1C[C@@H](Cn2cc(I)cn2)C1. The summed E-state index contributed by atoms with van der Waals surface area (Å²) < 4.78 is 3.13. The third-order valence-electron chi connectivity index (χ3n) is 2.26. The molecular weight excluding hydrogens is 267 g/mol. The predicted octanol–water partition coefficient (Wildman–Crippen LogP) is 1.26. The molecule has 0 aromatic carbocycles. The molecule has 0 atom stereocenters. The van der Waals surface area contributed by atoms with Crippen molar-refractivity contribution in [2.45, 2.75) is 25.5 Å². The molecule has 1 heterocycles. The Hall–Kier alpha value is -0.100. The standard InChI is InChI=1S/C8H11IN2O/c9-7-3-10-11(5-7)4-6-1-8(12)2-6/h3,5-6,8,12H,1-2,4H2/t6-,8+. The number of hydrogen-bond donors (Lipinski definition) is 1. The van der Waals surface area contributed by atoms with Gasteiger partial charge in [0.2, 0.25) is 0 Å². The number of hydrogen-bond acceptors (Lipinski definition) is 2. The van der Waals surface area contributed by atoms with E-state index in [0.29, 0.717) is 5.92 Å². The molecule has 1 saturated carbocycles. The first-order chi connectivity index (χ1) is 5.74. The summed E-state index contributed by atoms with van der Waals surface area (Å²) >= 11 is 2.25. The molecule has 1 aromatic heterocycles. The summed E-state index contributed by atoms with van der Waals surface area (Å²) in [5.41, 5.74) is 0. The molecule has 0 saturated heterocycles. The van der Waals surface area contributed by atoms with Crippen LogP contribution in [0.3, 0.4) is 0 Å². The van der Waals surface area contributed by atoms with E-state index in [1.54, 1.807) is 0 Å². The molecule has 66 valence electrons. The van der Waals surface area contributed by atoms with Crippen LogP contribution in [0.25, 0.3) is 0 Å². The zero-order valence-corrected chi connectivity index (χ0v) is 8.81.